The minimum absolute atomic E-state index is 0.0325. The number of carbonyl (C=O) groups is 1. The number of nitrogens with one attached hydrogen (secondary N) is 3. The largest absolute Gasteiger partial charge is 0.356 e. The highest BCUT2D eigenvalue weighted by Gasteiger charge is 2.30. The zero-order valence-electron chi connectivity index (χ0n) is 15.9. The van der Waals surface area contributed by atoms with E-state index in [0.29, 0.717) is 25.5 Å². The Morgan fingerprint density at radius 1 is 1.21 bits per heavy atom. The Bertz CT molecular complexity index is 948. The highest BCUT2D eigenvalue weighted by atomic mass is 16.2. The molecular formula is C21H24N6O. The molecule has 3 N–H and O–H groups in total. The van der Waals surface area contributed by atoms with Crippen LogP contribution in [0.25, 0.3) is 11.0 Å². The molecule has 7 nitrogen and oxygen atoms in total. The van der Waals surface area contributed by atoms with E-state index in [0.717, 1.165) is 29.0 Å². The number of aromatic nitrogens is 2. The summed E-state index contributed by atoms with van der Waals surface area (Å²) in [6.45, 7) is 1.33. The van der Waals surface area contributed by atoms with Gasteiger partial charge in [0.25, 0.3) is 0 Å². The van der Waals surface area contributed by atoms with Crippen molar-refractivity contribution in [3.8, 4) is 0 Å². The van der Waals surface area contributed by atoms with Crippen LogP contribution in [0.5, 0.6) is 0 Å². The Morgan fingerprint density at radius 2 is 2.00 bits per heavy atom. The molecule has 1 atom stereocenters. The molecule has 1 fully saturated rings. The first-order valence-electron chi connectivity index (χ1n) is 9.49. The topological polar surface area (TPSA) is 85.4 Å². The summed E-state index contributed by atoms with van der Waals surface area (Å²) in [5, 5.41) is 6.66. The van der Waals surface area contributed by atoms with Crippen LogP contribution in [-0.2, 0) is 11.2 Å². The van der Waals surface area contributed by atoms with Crippen molar-refractivity contribution in [1.82, 2.24) is 20.6 Å². The lowest BCUT2D eigenvalue weighted by Gasteiger charge is -2.18. The van der Waals surface area contributed by atoms with Crippen molar-refractivity contribution < 1.29 is 4.79 Å². The first kappa shape index (κ1) is 18.0. The number of aromatic amines is 1. The summed E-state index contributed by atoms with van der Waals surface area (Å²) in [5.74, 6) is 1.76. The van der Waals surface area contributed by atoms with Crippen molar-refractivity contribution in [2.45, 2.75) is 18.9 Å². The molecular weight excluding hydrogens is 352 g/mol. The van der Waals surface area contributed by atoms with E-state index in [4.69, 9.17) is 0 Å². The van der Waals surface area contributed by atoms with Gasteiger partial charge in [0.05, 0.1) is 17.1 Å². The molecule has 0 saturated carbocycles. The van der Waals surface area contributed by atoms with Gasteiger partial charge < -0.3 is 20.5 Å². The standard InChI is InChI=1S/C21H24N6O/c1-22-21(23-12-11-19-25-17-9-5-6-10-18(17)26-19)24-15-13-20(28)27(14-15)16-7-3-2-4-8-16/h2-10,15H,11-14H2,1H3,(H,25,26)(H2,22,23,24). The van der Waals surface area contributed by atoms with E-state index in [2.05, 4.69) is 25.6 Å². The molecule has 0 aliphatic carbocycles. The van der Waals surface area contributed by atoms with Crippen LogP contribution in [-0.4, -0.2) is 48.0 Å². The number of para-hydroxylation sites is 3. The van der Waals surface area contributed by atoms with E-state index in [1.54, 1.807) is 7.05 Å². The lowest BCUT2D eigenvalue weighted by molar-refractivity contribution is -0.117. The zero-order chi connectivity index (χ0) is 19.3. The van der Waals surface area contributed by atoms with Crippen LogP contribution in [0.15, 0.2) is 59.6 Å². The van der Waals surface area contributed by atoms with Crippen molar-refractivity contribution in [1.29, 1.82) is 0 Å². The molecule has 1 unspecified atom stereocenters. The molecule has 1 aromatic heterocycles. The summed E-state index contributed by atoms with van der Waals surface area (Å²) < 4.78 is 0. The average Bonchev–Trinajstić information content (AvgIpc) is 3.30. The van der Waals surface area contributed by atoms with E-state index in [9.17, 15) is 4.79 Å². The van der Waals surface area contributed by atoms with Crippen LogP contribution in [0, 0.1) is 0 Å². The van der Waals surface area contributed by atoms with Gasteiger partial charge in [0.2, 0.25) is 5.91 Å². The van der Waals surface area contributed by atoms with Gasteiger partial charge in [-0.05, 0) is 24.3 Å². The van der Waals surface area contributed by atoms with Crippen molar-refractivity contribution in [3.63, 3.8) is 0 Å². The number of guanidine groups is 1. The minimum Gasteiger partial charge on any atom is -0.356 e. The fraction of sp³-hybridized carbons (Fsp3) is 0.286. The van der Waals surface area contributed by atoms with Crippen LogP contribution < -0.4 is 15.5 Å². The number of hydrogen-bond donors (Lipinski definition) is 3. The fourth-order valence-corrected chi connectivity index (χ4v) is 3.47. The van der Waals surface area contributed by atoms with Gasteiger partial charge in [0.15, 0.2) is 5.96 Å². The monoisotopic (exact) mass is 376 g/mol. The predicted octanol–water partition coefficient (Wildman–Crippen LogP) is 2.08. The van der Waals surface area contributed by atoms with Crippen LogP contribution in [0.1, 0.15) is 12.2 Å². The molecule has 0 radical (unpaired) electrons. The van der Waals surface area contributed by atoms with Gasteiger partial charge in [-0.15, -0.1) is 0 Å². The fourth-order valence-electron chi connectivity index (χ4n) is 3.47. The van der Waals surface area contributed by atoms with Crippen molar-refractivity contribution >= 4 is 28.6 Å². The van der Waals surface area contributed by atoms with Crippen LogP contribution in [0.3, 0.4) is 0 Å². The molecule has 4 rings (SSSR count). The second-order valence-electron chi connectivity index (χ2n) is 6.83. The summed E-state index contributed by atoms with van der Waals surface area (Å²) >= 11 is 0. The number of H-pyrrole nitrogens is 1. The number of benzene rings is 2. The Kier molecular flexibility index (Phi) is 5.23. The number of carbonyl (C=O) groups excluding carboxylic acids is 1. The second-order valence-corrected chi connectivity index (χ2v) is 6.83. The number of hydrogen-bond acceptors (Lipinski definition) is 3. The van der Waals surface area contributed by atoms with Gasteiger partial charge >= 0.3 is 0 Å². The Balaban J connectivity index is 1.29. The molecule has 1 aliphatic heterocycles. The molecule has 28 heavy (non-hydrogen) atoms. The normalized spacial score (nSPS) is 17.3. The van der Waals surface area contributed by atoms with E-state index < -0.39 is 0 Å². The minimum atomic E-state index is 0.0325. The van der Waals surface area contributed by atoms with Crippen molar-refractivity contribution in [2.75, 3.05) is 25.0 Å². The maximum Gasteiger partial charge on any atom is 0.229 e. The molecule has 7 heteroatoms. The maximum atomic E-state index is 12.4. The SMILES string of the molecule is CN=C(NCCc1nc2ccccc2[nH]1)NC1CC(=O)N(c2ccccc2)C1. The lowest BCUT2D eigenvalue weighted by atomic mass is 10.2. The summed E-state index contributed by atoms with van der Waals surface area (Å²) in [7, 11) is 1.74. The van der Waals surface area contributed by atoms with Crippen molar-refractivity contribution in [3.05, 3.63) is 60.4 Å². The van der Waals surface area contributed by atoms with Crippen molar-refractivity contribution in [2.24, 2.45) is 4.99 Å². The molecule has 1 amide bonds. The Hall–Kier alpha value is -3.35. The number of amides is 1. The highest BCUT2D eigenvalue weighted by Crippen LogP contribution is 2.20. The number of fused-ring (bicyclic) bond motifs is 1. The third-order valence-corrected chi connectivity index (χ3v) is 4.85. The van der Waals surface area contributed by atoms with Gasteiger partial charge in [-0.3, -0.25) is 9.79 Å². The average molecular weight is 376 g/mol. The first-order chi connectivity index (χ1) is 13.7. The van der Waals surface area contributed by atoms with Gasteiger partial charge in [-0.25, -0.2) is 4.98 Å². The molecule has 2 aromatic carbocycles. The molecule has 1 saturated heterocycles. The number of nitrogens with zero attached hydrogens (tertiary/aromatic N) is 3. The molecule has 0 bridgehead atoms. The molecule has 3 aromatic rings. The van der Waals surface area contributed by atoms with Crippen LogP contribution in [0.2, 0.25) is 0 Å². The summed E-state index contributed by atoms with van der Waals surface area (Å²) in [6, 6.07) is 17.8. The molecule has 0 spiro atoms. The molecule has 2 heterocycles. The molecule has 144 valence electrons. The van der Waals surface area contributed by atoms with Crippen LogP contribution in [0.4, 0.5) is 5.69 Å². The third kappa shape index (κ3) is 3.98. The number of rotatable bonds is 5. The van der Waals surface area contributed by atoms with E-state index in [1.165, 1.54) is 0 Å². The van der Waals surface area contributed by atoms with Crippen LogP contribution >= 0.6 is 0 Å². The number of imidazole rings is 1. The second kappa shape index (κ2) is 8.12. The zero-order valence-corrected chi connectivity index (χ0v) is 15.9. The molecule has 1 aliphatic rings. The van der Waals surface area contributed by atoms with Gasteiger partial charge in [0, 0.05) is 38.7 Å². The van der Waals surface area contributed by atoms with Gasteiger partial charge in [-0.1, -0.05) is 30.3 Å². The smallest absolute Gasteiger partial charge is 0.229 e. The quantitative estimate of drug-likeness (QED) is 0.470. The Labute approximate surface area is 163 Å². The lowest BCUT2D eigenvalue weighted by Crippen LogP contribution is -2.45. The van der Waals surface area contributed by atoms with Gasteiger partial charge in [0.1, 0.15) is 5.82 Å². The third-order valence-electron chi connectivity index (χ3n) is 4.85. The summed E-state index contributed by atoms with van der Waals surface area (Å²) in [5.41, 5.74) is 2.96. The van der Waals surface area contributed by atoms with E-state index in [-0.39, 0.29) is 11.9 Å². The van der Waals surface area contributed by atoms with Gasteiger partial charge in [-0.2, -0.15) is 0 Å². The Morgan fingerprint density at radius 3 is 2.79 bits per heavy atom. The highest BCUT2D eigenvalue weighted by molar-refractivity contribution is 5.97. The maximum absolute atomic E-state index is 12.4. The number of aliphatic imine (C=N–C) groups is 1. The summed E-state index contributed by atoms with van der Waals surface area (Å²) in [6.07, 6.45) is 1.22. The number of anilines is 1. The van der Waals surface area contributed by atoms with E-state index >= 15 is 0 Å². The first-order valence-corrected chi connectivity index (χ1v) is 9.49. The summed E-state index contributed by atoms with van der Waals surface area (Å²) in [4.78, 5) is 26.4. The van der Waals surface area contributed by atoms with E-state index in [1.807, 2.05) is 59.5 Å². The predicted molar refractivity (Wildman–Crippen MR) is 111 cm³/mol.